The molecule has 5 nitrogen and oxygen atoms in total. The maximum absolute atomic E-state index is 10.8. The number of nitroso groups, excluding NO2 is 1. The molecule has 0 heterocycles. The van der Waals surface area contributed by atoms with Gasteiger partial charge in [0.15, 0.2) is 6.54 Å². The number of hydrogen-bond acceptors (Lipinski definition) is 4. The van der Waals surface area contributed by atoms with Crippen LogP contribution in [0.25, 0.3) is 0 Å². The summed E-state index contributed by atoms with van der Waals surface area (Å²) in [5.41, 5.74) is 0.520. The number of benzene rings is 1. The fraction of sp³-hybridized carbons (Fsp3) is 0.125. The fourth-order valence-corrected chi connectivity index (χ4v) is 0.804. The van der Waals surface area contributed by atoms with Crippen LogP contribution in [0, 0.1) is 4.91 Å². The van der Waals surface area contributed by atoms with E-state index in [2.05, 4.69) is 10.5 Å². The summed E-state index contributed by atoms with van der Waals surface area (Å²) >= 11 is 0. The van der Waals surface area contributed by atoms with Gasteiger partial charge in [-0.1, -0.05) is 5.18 Å². The molecule has 0 aromatic heterocycles. The Bertz CT molecular complexity index is 308. The molecule has 0 aliphatic carbocycles. The molecule has 2 N–H and O–H groups in total. The average Bonchev–Trinajstić information content (AvgIpc) is 2.09. The van der Waals surface area contributed by atoms with Crippen molar-refractivity contribution in [2.75, 3.05) is 11.9 Å². The number of amides is 1. The Labute approximate surface area is 74.4 Å². The Morgan fingerprint density at radius 2 is 2.00 bits per heavy atom. The number of nitrogens with zero attached hydrogens (tertiary/aromatic N) is 1. The van der Waals surface area contributed by atoms with Crippen LogP contribution >= 0.6 is 0 Å². The van der Waals surface area contributed by atoms with Gasteiger partial charge in [-0.2, -0.15) is 4.91 Å². The van der Waals surface area contributed by atoms with Gasteiger partial charge in [-0.25, -0.2) is 0 Å². The van der Waals surface area contributed by atoms with Gasteiger partial charge < -0.3 is 10.4 Å². The van der Waals surface area contributed by atoms with E-state index in [4.69, 9.17) is 5.11 Å². The first-order valence-electron chi connectivity index (χ1n) is 3.60. The van der Waals surface area contributed by atoms with E-state index in [0.717, 1.165) is 0 Å². The van der Waals surface area contributed by atoms with E-state index in [1.54, 1.807) is 0 Å². The molecule has 0 aliphatic rings. The van der Waals surface area contributed by atoms with Gasteiger partial charge in [0, 0.05) is 5.69 Å². The number of carbonyl (C=O) groups is 1. The van der Waals surface area contributed by atoms with E-state index in [1.165, 1.54) is 24.3 Å². The second-order valence-electron chi connectivity index (χ2n) is 2.38. The fourth-order valence-electron chi connectivity index (χ4n) is 0.804. The molecule has 0 bridgehead atoms. The minimum Gasteiger partial charge on any atom is -0.508 e. The third kappa shape index (κ3) is 2.90. The molecule has 0 saturated carbocycles. The molecule has 68 valence electrons. The lowest BCUT2D eigenvalue weighted by Crippen LogP contribution is -2.13. The first-order valence-corrected chi connectivity index (χ1v) is 3.60. The van der Waals surface area contributed by atoms with Gasteiger partial charge in [0.25, 0.3) is 0 Å². The smallest absolute Gasteiger partial charge is 0.249 e. The highest BCUT2D eigenvalue weighted by Crippen LogP contribution is 2.13. The molecule has 0 saturated heterocycles. The molecule has 0 radical (unpaired) electrons. The molecule has 13 heavy (non-hydrogen) atoms. The van der Waals surface area contributed by atoms with Crippen LogP contribution in [0.5, 0.6) is 5.75 Å². The molecule has 0 atom stereocenters. The van der Waals surface area contributed by atoms with Crippen molar-refractivity contribution in [3.05, 3.63) is 29.2 Å². The van der Waals surface area contributed by atoms with Gasteiger partial charge >= 0.3 is 0 Å². The molecule has 1 rings (SSSR count). The molecule has 0 fully saturated rings. The second-order valence-corrected chi connectivity index (χ2v) is 2.38. The molecule has 1 aromatic rings. The Hall–Kier alpha value is -1.91. The van der Waals surface area contributed by atoms with Crippen molar-refractivity contribution < 1.29 is 9.90 Å². The molecule has 1 aromatic carbocycles. The van der Waals surface area contributed by atoms with Crippen molar-refractivity contribution >= 4 is 11.6 Å². The third-order valence-corrected chi connectivity index (χ3v) is 1.36. The van der Waals surface area contributed by atoms with Gasteiger partial charge in [0.1, 0.15) is 5.75 Å². The SMILES string of the molecule is O=NCC(=O)Nc1ccc(O)cc1. The molecule has 5 heteroatoms. The average molecular weight is 180 g/mol. The van der Waals surface area contributed by atoms with Crippen molar-refractivity contribution in [1.29, 1.82) is 0 Å². The van der Waals surface area contributed by atoms with E-state index in [9.17, 15) is 9.70 Å². The first-order chi connectivity index (χ1) is 6.22. The van der Waals surface area contributed by atoms with Gasteiger partial charge in [-0.3, -0.25) is 4.79 Å². The van der Waals surface area contributed by atoms with Crippen LogP contribution < -0.4 is 5.32 Å². The maximum atomic E-state index is 10.8. The maximum Gasteiger partial charge on any atom is 0.249 e. The zero-order valence-electron chi connectivity index (χ0n) is 6.73. The summed E-state index contributed by atoms with van der Waals surface area (Å²) < 4.78 is 0. The van der Waals surface area contributed by atoms with E-state index >= 15 is 0 Å². The summed E-state index contributed by atoms with van der Waals surface area (Å²) in [5, 5.41) is 13.8. The zero-order chi connectivity index (χ0) is 9.68. The van der Waals surface area contributed by atoms with Crippen LogP contribution in [0.2, 0.25) is 0 Å². The predicted molar refractivity (Wildman–Crippen MR) is 47.4 cm³/mol. The summed E-state index contributed by atoms with van der Waals surface area (Å²) in [4.78, 5) is 20.5. The van der Waals surface area contributed by atoms with E-state index in [-0.39, 0.29) is 5.75 Å². The van der Waals surface area contributed by atoms with Crippen molar-refractivity contribution in [3.8, 4) is 5.75 Å². The van der Waals surface area contributed by atoms with Gasteiger partial charge in [-0.15, -0.1) is 0 Å². The molecular weight excluding hydrogens is 172 g/mol. The summed E-state index contributed by atoms with van der Waals surface area (Å²) in [6.07, 6.45) is 0. The first kappa shape index (κ1) is 9.18. The predicted octanol–water partition coefficient (Wildman–Crippen LogP) is 1.10. The van der Waals surface area contributed by atoms with E-state index in [0.29, 0.717) is 5.69 Å². The Balaban J connectivity index is 2.59. The van der Waals surface area contributed by atoms with Crippen molar-refractivity contribution in [3.63, 3.8) is 0 Å². The zero-order valence-corrected chi connectivity index (χ0v) is 6.73. The number of phenolic OH excluding ortho intramolecular Hbond substituents is 1. The summed E-state index contributed by atoms with van der Waals surface area (Å²) in [6.45, 7) is -0.402. The van der Waals surface area contributed by atoms with Crippen molar-refractivity contribution in [2.45, 2.75) is 0 Å². The lowest BCUT2D eigenvalue weighted by Gasteiger charge is -2.01. The van der Waals surface area contributed by atoms with Crippen molar-refractivity contribution in [1.82, 2.24) is 0 Å². The van der Waals surface area contributed by atoms with Crippen LogP contribution in [0.15, 0.2) is 29.4 Å². The van der Waals surface area contributed by atoms with E-state index in [1.807, 2.05) is 0 Å². The molecular formula is C8H8N2O3. The highest BCUT2D eigenvalue weighted by molar-refractivity contribution is 5.92. The Morgan fingerprint density at radius 3 is 2.54 bits per heavy atom. The number of anilines is 1. The minimum atomic E-state index is -0.472. The second kappa shape index (κ2) is 4.20. The normalized spacial score (nSPS) is 9.23. The van der Waals surface area contributed by atoms with Gasteiger partial charge in [-0.05, 0) is 24.3 Å². The molecule has 0 unspecified atom stereocenters. The Morgan fingerprint density at radius 1 is 1.38 bits per heavy atom. The van der Waals surface area contributed by atoms with Crippen molar-refractivity contribution in [2.24, 2.45) is 5.18 Å². The number of hydrogen-bond donors (Lipinski definition) is 2. The number of aromatic hydroxyl groups is 1. The van der Waals surface area contributed by atoms with Crippen LogP contribution in [0.1, 0.15) is 0 Å². The van der Waals surface area contributed by atoms with Gasteiger partial charge in [0.05, 0.1) is 0 Å². The minimum absolute atomic E-state index is 0.117. The number of carbonyl (C=O) groups excluding carboxylic acids is 1. The van der Waals surface area contributed by atoms with Crippen LogP contribution in [-0.2, 0) is 4.79 Å². The monoisotopic (exact) mass is 180 g/mol. The van der Waals surface area contributed by atoms with Crippen LogP contribution in [0.3, 0.4) is 0 Å². The van der Waals surface area contributed by atoms with Crippen LogP contribution in [0.4, 0.5) is 5.69 Å². The summed E-state index contributed by atoms with van der Waals surface area (Å²) in [5.74, 6) is -0.354. The van der Waals surface area contributed by atoms with Crippen LogP contribution in [-0.4, -0.2) is 17.6 Å². The largest absolute Gasteiger partial charge is 0.508 e. The lowest BCUT2D eigenvalue weighted by molar-refractivity contribution is -0.114. The standard InChI is InChI=1S/C8H8N2O3/c11-7-3-1-6(2-4-7)10-8(12)5-9-13/h1-4,11H,5H2,(H,10,12). The summed E-state index contributed by atoms with van der Waals surface area (Å²) in [7, 11) is 0. The number of phenols is 1. The highest BCUT2D eigenvalue weighted by Gasteiger charge is 2.00. The lowest BCUT2D eigenvalue weighted by atomic mass is 10.3. The topological polar surface area (TPSA) is 78.8 Å². The molecule has 0 spiro atoms. The Kier molecular flexibility index (Phi) is 2.97. The summed E-state index contributed by atoms with van der Waals surface area (Å²) in [6, 6.07) is 5.92. The van der Waals surface area contributed by atoms with Gasteiger partial charge in [0.2, 0.25) is 5.91 Å². The molecule has 1 amide bonds. The molecule has 0 aliphatic heterocycles. The quantitative estimate of drug-likeness (QED) is 0.540. The number of rotatable bonds is 3. The third-order valence-electron chi connectivity index (χ3n) is 1.36. The number of nitrogens with one attached hydrogen (secondary N) is 1. The van der Waals surface area contributed by atoms with E-state index < -0.39 is 12.5 Å². The highest BCUT2D eigenvalue weighted by atomic mass is 16.3.